The van der Waals surface area contributed by atoms with E-state index in [0.717, 1.165) is 43.5 Å². The van der Waals surface area contributed by atoms with Crippen LogP contribution in [0.3, 0.4) is 0 Å². The summed E-state index contributed by atoms with van der Waals surface area (Å²) in [5, 5.41) is 23.6. The second kappa shape index (κ2) is 7.90. The lowest BCUT2D eigenvalue weighted by molar-refractivity contribution is 0.0695. The maximum absolute atomic E-state index is 11.6. The van der Waals surface area contributed by atoms with Crippen LogP contribution in [-0.2, 0) is 19.5 Å². The zero-order valence-corrected chi connectivity index (χ0v) is 15.8. The fourth-order valence-electron chi connectivity index (χ4n) is 4.02. The fraction of sp³-hybridized carbons (Fsp3) is 0.333. The Morgan fingerprint density at radius 1 is 1.21 bits per heavy atom. The zero-order chi connectivity index (χ0) is 19.5. The number of carboxylic acids is 1. The maximum atomic E-state index is 11.6. The lowest BCUT2D eigenvalue weighted by Crippen LogP contribution is -2.33. The summed E-state index contributed by atoms with van der Waals surface area (Å²) in [6, 6.07) is 14.0. The highest BCUT2D eigenvalue weighted by atomic mass is 16.4. The Labute approximate surface area is 163 Å². The second-order valence-corrected chi connectivity index (χ2v) is 7.25. The average molecular weight is 377 g/mol. The Morgan fingerprint density at radius 3 is 2.79 bits per heavy atom. The first kappa shape index (κ1) is 18.3. The van der Waals surface area contributed by atoms with Crippen molar-refractivity contribution in [2.24, 2.45) is 0 Å². The van der Waals surface area contributed by atoms with E-state index in [9.17, 15) is 9.90 Å². The third kappa shape index (κ3) is 3.66. The minimum Gasteiger partial charge on any atom is -0.478 e. The van der Waals surface area contributed by atoms with Crippen LogP contribution in [0.2, 0.25) is 0 Å². The first-order valence-corrected chi connectivity index (χ1v) is 9.57. The van der Waals surface area contributed by atoms with E-state index in [4.69, 9.17) is 0 Å². The number of hydrogen-bond acceptors (Lipinski definition) is 5. The van der Waals surface area contributed by atoms with Gasteiger partial charge in [0.05, 0.1) is 5.56 Å². The van der Waals surface area contributed by atoms with E-state index in [1.165, 1.54) is 11.1 Å². The molecule has 1 aliphatic rings. The average Bonchev–Trinajstić information content (AvgIpc) is 3.37. The summed E-state index contributed by atoms with van der Waals surface area (Å²) in [6.07, 6.45) is 2.83. The van der Waals surface area contributed by atoms with Gasteiger partial charge in [0.1, 0.15) is 0 Å². The lowest BCUT2D eigenvalue weighted by Gasteiger charge is -2.28. The third-order valence-electron chi connectivity index (χ3n) is 5.41. The number of hydrogen-bond donors (Lipinski definition) is 2. The second-order valence-electron chi connectivity index (χ2n) is 7.25. The number of H-pyrrole nitrogens is 1. The van der Waals surface area contributed by atoms with E-state index >= 15 is 0 Å². The molecule has 0 spiro atoms. The molecular formula is C21H23N5O2. The Bertz CT molecular complexity index is 971. The molecule has 0 saturated heterocycles. The molecule has 1 aromatic heterocycles. The predicted octanol–water partition coefficient (Wildman–Crippen LogP) is 3.29. The number of benzene rings is 2. The minimum atomic E-state index is -0.860. The molecule has 2 heterocycles. The van der Waals surface area contributed by atoms with E-state index in [1.807, 2.05) is 18.2 Å². The number of nitrogens with one attached hydrogen (secondary N) is 1. The fourth-order valence-corrected chi connectivity index (χ4v) is 4.02. The number of rotatable bonds is 7. The number of aromatic amines is 1. The van der Waals surface area contributed by atoms with Crippen LogP contribution >= 0.6 is 0 Å². The molecule has 7 heteroatoms. The summed E-state index contributed by atoms with van der Waals surface area (Å²) < 4.78 is 0. The number of tetrazole rings is 1. The van der Waals surface area contributed by atoms with Crippen LogP contribution in [0.1, 0.15) is 46.8 Å². The molecule has 144 valence electrons. The first-order valence-electron chi connectivity index (χ1n) is 9.57. The molecule has 7 nitrogen and oxygen atoms in total. The molecule has 0 bridgehead atoms. The normalized spacial score (nSPS) is 14.8. The molecule has 2 N–H and O–H groups in total. The number of nitrogens with zero attached hydrogens (tertiary/aromatic N) is 4. The third-order valence-corrected chi connectivity index (χ3v) is 5.41. The van der Waals surface area contributed by atoms with Gasteiger partial charge in [0.25, 0.3) is 0 Å². The Morgan fingerprint density at radius 2 is 2.04 bits per heavy atom. The Balaban J connectivity index is 1.55. The van der Waals surface area contributed by atoms with Crippen molar-refractivity contribution >= 4 is 5.97 Å². The molecule has 0 saturated carbocycles. The molecule has 0 amide bonds. The Hall–Kier alpha value is -3.06. The van der Waals surface area contributed by atoms with Gasteiger partial charge in [0.15, 0.2) is 5.82 Å². The molecule has 3 aromatic rings. The highest BCUT2D eigenvalue weighted by Crippen LogP contribution is 2.30. The summed E-state index contributed by atoms with van der Waals surface area (Å²) in [7, 11) is 0. The first-order chi connectivity index (χ1) is 13.7. The van der Waals surface area contributed by atoms with Gasteiger partial charge < -0.3 is 5.11 Å². The number of fused-ring (bicyclic) bond motifs is 1. The number of aromatic carboxylic acids is 1. The highest BCUT2D eigenvalue weighted by Gasteiger charge is 2.27. The van der Waals surface area contributed by atoms with Gasteiger partial charge in [-0.15, -0.1) is 5.10 Å². The topological polar surface area (TPSA) is 95.0 Å². The molecule has 0 aliphatic carbocycles. The van der Waals surface area contributed by atoms with E-state index in [0.29, 0.717) is 17.4 Å². The van der Waals surface area contributed by atoms with Crippen molar-refractivity contribution in [1.29, 1.82) is 0 Å². The van der Waals surface area contributed by atoms with Gasteiger partial charge in [0.2, 0.25) is 0 Å². The molecule has 1 aliphatic heterocycles. The molecule has 4 rings (SSSR count). The van der Waals surface area contributed by atoms with Gasteiger partial charge in [0, 0.05) is 24.7 Å². The number of carbonyl (C=O) groups is 1. The Kier molecular flexibility index (Phi) is 5.16. The van der Waals surface area contributed by atoms with Gasteiger partial charge in [-0.2, -0.15) is 0 Å². The van der Waals surface area contributed by atoms with Crippen molar-refractivity contribution in [2.75, 3.05) is 0 Å². The van der Waals surface area contributed by atoms with Crippen LogP contribution in [0, 0.1) is 0 Å². The summed E-state index contributed by atoms with van der Waals surface area (Å²) in [4.78, 5) is 14.0. The van der Waals surface area contributed by atoms with Crippen LogP contribution in [-0.4, -0.2) is 42.6 Å². The van der Waals surface area contributed by atoms with Gasteiger partial charge in [-0.05, 0) is 52.1 Å². The number of carboxylic acid groups (broad SMARTS) is 1. The molecule has 1 unspecified atom stereocenters. The van der Waals surface area contributed by atoms with Crippen molar-refractivity contribution in [3.63, 3.8) is 0 Å². The molecule has 2 aromatic carbocycles. The van der Waals surface area contributed by atoms with Gasteiger partial charge in [-0.1, -0.05) is 43.7 Å². The van der Waals surface area contributed by atoms with Gasteiger partial charge in [-0.3, -0.25) is 4.90 Å². The van der Waals surface area contributed by atoms with E-state index < -0.39 is 5.97 Å². The highest BCUT2D eigenvalue weighted by molar-refractivity contribution is 5.89. The summed E-state index contributed by atoms with van der Waals surface area (Å²) >= 11 is 0. The zero-order valence-electron chi connectivity index (χ0n) is 15.8. The van der Waals surface area contributed by atoms with Crippen molar-refractivity contribution in [3.8, 4) is 11.4 Å². The molecular weight excluding hydrogens is 354 g/mol. The monoisotopic (exact) mass is 377 g/mol. The van der Waals surface area contributed by atoms with Gasteiger partial charge in [-0.25, -0.2) is 9.89 Å². The van der Waals surface area contributed by atoms with E-state index in [1.54, 1.807) is 12.1 Å². The van der Waals surface area contributed by atoms with Gasteiger partial charge >= 0.3 is 5.97 Å². The van der Waals surface area contributed by atoms with Crippen LogP contribution < -0.4 is 0 Å². The van der Waals surface area contributed by atoms with E-state index in [2.05, 4.69) is 44.6 Å². The van der Waals surface area contributed by atoms with Crippen molar-refractivity contribution < 1.29 is 9.90 Å². The smallest absolute Gasteiger partial charge is 0.335 e. The summed E-state index contributed by atoms with van der Waals surface area (Å²) in [5.41, 5.74) is 4.87. The van der Waals surface area contributed by atoms with Crippen LogP contribution in [0.4, 0.5) is 0 Å². The summed E-state index contributed by atoms with van der Waals surface area (Å²) in [6.45, 7) is 3.91. The van der Waals surface area contributed by atoms with Crippen LogP contribution in [0.15, 0.2) is 42.5 Å². The van der Waals surface area contributed by atoms with Crippen LogP contribution in [0.25, 0.3) is 11.4 Å². The molecule has 1 atom stereocenters. The van der Waals surface area contributed by atoms with Crippen molar-refractivity contribution in [3.05, 3.63) is 64.7 Å². The van der Waals surface area contributed by atoms with Crippen molar-refractivity contribution in [1.82, 2.24) is 25.5 Å². The number of aromatic nitrogens is 4. The quantitative estimate of drug-likeness (QED) is 0.656. The SMILES string of the molecule is CCCC(Cc1ccccc1C(=O)O)N1Cc2ccc(-c3nnn[nH]3)cc2C1. The lowest BCUT2D eigenvalue weighted by atomic mass is 9.96. The predicted molar refractivity (Wildman–Crippen MR) is 105 cm³/mol. The molecule has 0 fully saturated rings. The molecule has 0 radical (unpaired) electrons. The standard InChI is InChI=1S/C21H23N5O2/c1-2-5-18(11-14-6-3-4-7-19(14)21(27)28)26-12-16-9-8-15(10-17(16)13-26)20-22-24-25-23-20/h3-4,6-10,18H,2,5,11-13H2,1H3,(H,27,28)(H,22,23,24,25). The summed E-state index contributed by atoms with van der Waals surface area (Å²) in [5.74, 6) is -0.192. The molecule has 28 heavy (non-hydrogen) atoms. The van der Waals surface area contributed by atoms with Crippen molar-refractivity contribution in [2.45, 2.75) is 45.3 Å². The van der Waals surface area contributed by atoms with Crippen LogP contribution in [0.5, 0.6) is 0 Å². The van der Waals surface area contributed by atoms with E-state index in [-0.39, 0.29) is 0 Å². The minimum absolute atomic E-state index is 0.299. The maximum Gasteiger partial charge on any atom is 0.335 e. The largest absolute Gasteiger partial charge is 0.478 e.